The molecule has 0 heterocycles. The first kappa shape index (κ1) is 16.1. The molecule has 0 aliphatic rings. The number of carbonyl (C=O) groups excluding carboxylic acids is 1. The maximum Gasteiger partial charge on any atom is 0.235 e. The zero-order valence-corrected chi connectivity index (χ0v) is 12.5. The summed E-state index contributed by atoms with van der Waals surface area (Å²) in [7, 11) is -1.51. The highest BCUT2D eigenvalue weighted by molar-refractivity contribution is 7.85. The van der Waals surface area contributed by atoms with Crippen molar-refractivity contribution in [2.24, 2.45) is 0 Å². The molecule has 0 saturated heterocycles. The zero-order valence-electron chi connectivity index (χ0n) is 10.9. The molecule has 2 atom stereocenters. The van der Waals surface area contributed by atoms with E-state index in [1.807, 2.05) is 6.92 Å². The maximum absolute atomic E-state index is 13.6. The van der Waals surface area contributed by atoms with Crippen molar-refractivity contribution in [1.82, 2.24) is 5.32 Å². The van der Waals surface area contributed by atoms with Crippen molar-refractivity contribution in [2.75, 3.05) is 6.54 Å². The largest absolute Gasteiger partial charge is 0.355 e. The molecule has 1 aromatic rings. The normalized spacial score (nSPS) is 13.9. The number of carbonyl (C=O) groups is 1. The van der Waals surface area contributed by atoms with Crippen molar-refractivity contribution in [3.63, 3.8) is 0 Å². The van der Waals surface area contributed by atoms with E-state index in [4.69, 9.17) is 11.6 Å². The van der Waals surface area contributed by atoms with Gasteiger partial charge in [0.15, 0.2) is 0 Å². The Morgan fingerprint density at radius 2 is 2.21 bits per heavy atom. The number of amides is 1. The molecule has 0 unspecified atom stereocenters. The Balaban J connectivity index is 2.71. The lowest BCUT2D eigenvalue weighted by Crippen LogP contribution is -2.36. The number of hydrogen-bond acceptors (Lipinski definition) is 2. The Kier molecular flexibility index (Phi) is 6.45. The van der Waals surface area contributed by atoms with Gasteiger partial charge in [-0.05, 0) is 25.5 Å². The van der Waals surface area contributed by atoms with Crippen LogP contribution in [0.2, 0.25) is 5.02 Å². The molecule has 19 heavy (non-hydrogen) atoms. The van der Waals surface area contributed by atoms with Gasteiger partial charge in [-0.2, -0.15) is 0 Å². The predicted octanol–water partition coefficient (Wildman–Crippen LogP) is 2.64. The molecule has 0 aliphatic heterocycles. The van der Waals surface area contributed by atoms with Gasteiger partial charge in [0.05, 0.1) is 5.75 Å². The minimum Gasteiger partial charge on any atom is -0.355 e. The Labute approximate surface area is 120 Å². The number of nitrogens with one attached hydrogen (secondary N) is 1. The molecule has 0 fully saturated rings. The second kappa shape index (κ2) is 7.60. The van der Waals surface area contributed by atoms with Crippen LogP contribution in [0.1, 0.15) is 25.8 Å². The monoisotopic (exact) mass is 305 g/mol. The van der Waals surface area contributed by atoms with Crippen molar-refractivity contribution >= 4 is 28.3 Å². The van der Waals surface area contributed by atoms with Gasteiger partial charge in [-0.25, -0.2) is 4.39 Å². The fraction of sp³-hybridized carbons (Fsp3) is 0.462. The van der Waals surface area contributed by atoms with E-state index in [1.54, 1.807) is 13.0 Å². The topological polar surface area (TPSA) is 46.2 Å². The fourth-order valence-electron chi connectivity index (χ4n) is 1.45. The van der Waals surface area contributed by atoms with E-state index in [9.17, 15) is 13.4 Å². The molecule has 0 aromatic heterocycles. The van der Waals surface area contributed by atoms with Gasteiger partial charge >= 0.3 is 0 Å². The lowest BCUT2D eigenvalue weighted by atomic mass is 10.2. The molecule has 6 heteroatoms. The van der Waals surface area contributed by atoms with Crippen LogP contribution in [0.25, 0.3) is 0 Å². The van der Waals surface area contributed by atoms with Gasteiger partial charge in [0.2, 0.25) is 5.91 Å². The number of benzene rings is 1. The SMILES string of the molecule is CCCNC(=O)[C@@H](C)[S@](=O)Cc1c(F)cccc1Cl. The van der Waals surface area contributed by atoms with Crippen LogP contribution in [0.4, 0.5) is 4.39 Å². The molecule has 0 bridgehead atoms. The molecule has 1 rings (SSSR count). The minimum atomic E-state index is -1.51. The van der Waals surface area contributed by atoms with E-state index in [2.05, 4.69) is 5.32 Å². The minimum absolute atomic E-state index is 0.0633. The Hall–Kier alpha value is -0.940. The third-order valence-corrected chi connectivity index (χ3v) is 4.59. The molecule has 0 aliphatic carbocycles. The van der Waals surface area contributed by atoms with Crippen LogP contribution in [0, 0.1) is 5.82 Å². The smallest absolute Gasteiger partial charge is 0.235 e. The summed E-state index contributed by atoms with van der Waals surface area (Å²) in [6, 6.07) is 4.29. The van der Waals surface area contributed by atoms with Crippen LogP contribution in [0.3, 0.4) is 0 Å². The summed E-state index contributed by atoms with van der Waals surface area (Å²) in [5.74, 6) is -0.846. The van der Waals surface area contributed by atoms with Crippen LogP contribution in [0.15, 0.2) is 18.2 Å². The van der Waals surface area contributed by atoms with E-state index in [1.165, 1.54) is 12.1 Å². The summed E-state index contributed by atoms with van der Waals surface area (Å²) in [5, 5.41) is 2.21. The first-order valence-electron chi connectivity index (χ1n) is 6.05. The summed E-state index contributed by atoms with van der Waals surface area (Å²) in [6.45, 7) is 4.04. The third kappa shape index (κ3) is 4.58. The van der Waals surface area contributed by atoms with Crippen molar-refractivity contribution in [2.45, 2.75) is 31.3 Å². The number of hydrogen-bond donors (Lipinski definition) is 1. The van der Waals surface area contributed by atoms with Crippen LogP contribution in [0.5, 0.6) is 0 Å². The predicted molar refractivity (Wildman–Crippen MR) is 76.0 cm³/mol. The van der Waals surface area contributed by atoms with Crippen molar-refractivity contribution in [3.8, 4) is 0 Å². The van der Waals surface area contributed by atoms with Gasteiger partial charge in [-0.3, -0.25) is 9.00 Å². The van der Waals surface area contributed by atoms with Gasteiger partial charge < -0.3 is 5.32 Å². The molecule has 1 aromatic carbocycles. The average Bonchev–Trinajstić information content (AvgIpc) is 2.39. The highest BCUT2D eigenvalue weighted by atomic mass is 35.5. The van der Waals surface area contributed by atoms with Crippen LogP contribution in [-0.4, -0.2) is 21.9 Å². The van der Waals surface area contributed by atoms with E-state index >= 15 is 0 Å². The molecular weight excluding hydrogens is 289 g/mol. The quantitative estimate of drug-likeness (QED) is 0.878. The molecule has 0 saturated carbocycles. The van der Waals surface area contributed by atoms with Crippen molar-refractivity contribution in [3.05, 3.63) is 34.6 Å². The third-order valence-electron chi connectivity index (χ3n) is 2.66. The van der Waals surface area contributed by atoms with Crippen molar-refractivity contribution < 1.29 is 13.4 Å². The van der Waals surface area contributed by atoms with Crippen LogP contribution in [-0.2, 0) is 21.3 Å². The van der Waals surface area contributed by atoms with Gasteiger partial charge in [0, 0.05) is 27.9 Å². The molecule has 0 spiro atoms. The lowest BCUT2D eigenvalue weighted by Gasteiger charge is -2.12. The Morgan fingerprint density at radius 1 is 1.53 bits per heavy atom. The molecular formula is C13H17ClFNO2S. The highest BCUT2D eigenvalue weighted by Gasteiger charge is 2.21. The van der Waals surface area contributed by atoms with E-state index in [0.717, 1.165) is 6.42 Å². The number of halogens is 2. The second-order valence-electron chi connectivity index (χ2n) is 4.16. The molecule has 1 N–H and O–H groups in total. The first-order valence-corrected chi connectivity index (χ1v) is 7.81. The summed E-state index contributed by atoms with van der Waals surface area (Å²) >= 11 is 5.87. The highest BCUT2D eigenvalue weighted by Crippen LogP contribution is 2.21. The zero-order chi connectivity index (χ0) is 14.4. The summed E-state index contributed by atoms with van der Waals surface area (Å²) in [5.41, 5.74) is 0.192. The average molecular weight is 306 g/mol. The Bertz CT molecular complexity index is 461. The second-order valence-corrected chi connectivity index (χ2v) is 6.32. The fourth-order valence-corrected chi connectivity index (χ4v) is 2.91. The molecule has 0 radical (unpaired) electrons. The van der Waals surface area contributed by atoms with Gasteiger partial charge in [0.25, 0.3) is 0 Å². The lowest BCUT2D eigenvalue weighted by molar-refractivity contribution is -0.120. The standard InChI is InChI=1S/C13H17ClFNO2S/c1-3-7-16-13(17)9(2)19(18)8-10-11(14)5-4-6-12(10)15/h4-6,9H,3,7-8H2,1-2H3,(H,16,17)/t9-,19-/m1/s1. The Morgan fingerprint density at radius 3 is 2.79 bits per heavy atom. The maximum atomic E-state index is 13.6. The van der Waals surface area contributed by atoms with Gasteiger partial charge in [-0.15, -0.1) is 0 Å². The summed E-state index contributed by atoms with van der Waals surface area (Å²) in [4.78, 5) is 11.7. The van der Waals surface area contributed by atoms with E-state index < -0.39 is 21.9 Å². The van der Waals surface area contributed by atoms with Gasteiger partial charge in [-0.1, -0.05) is 24.6 Å². The van der Waals surface area contributed by atoms with Crippen molar-refractivity contribution in [1.29, 1.82) is 0 Å². The van der Waals surface area contributed by atoms with E-state index in [0.29, 0.717) is 6.54 Å². The molecule has 1 amide bonds. The van der Waals surface area contributed by atoms with Crippen LogP contribution >= 0.6 is 11.6 Å². The molecule has 106 valence electrons. The van der Waals surface area contributed by atoms with Gasteiger partial charge in [0.1, 0.15) is 11.1 Å². The molecule has 3 nitrogen and oxygen atoms in total. The first-order chi connectivity index (χ1) is 8.97. The number of rotatable bonds is 6. The summed E-state index contributed by atoms with van der Waals surface area (Å²) in [6.07, 6.45) is 0.810. The van der Waals surface area contributed by atoms with Crippen LogP contribution < -0.4 is 5.32 Å². The summed E-state index contributed by atoms with van der Waals surface area (Å²) < 4.78 is 25.6. The van der Waals surface area contributed by atoms with E-state index in [-0.39, 0.29) is 22.2 Å².